The molecule has 0 fully saturated rings. The average Bonchev–Trinajstić information content (AvgIpc) is 2.97. The monoisotopic (exact) mass is 596 g/mol. The quantitative estimate of drug-likeness (QED) is 0.0572. The average molecular weight is 596 g/mol. The lowest BCUT2D eigenvalue weighted by atomic mass is 9.94. The number of carbonyl (C=O) groups is 2. The Labute approximate surface area is 262 Å². The van der Waals surface area contributed by atoms with Gasteiger partial charge >= 0.3 is 11.9 Å². The van der Waals surface area contributed by atoms with Gasteiger partial charge in [-0.2, -0.15) is 0 Å². The third-order valence-electron chi connectivity index (χ3n) is 8.47. The van der Waals surface area contributed by atoms with Crippen molar-refractivity contribution in [2.45, 2.75) is 194 Å². The first-order chi connectivity index (χ1) is 20.4. The van der Waals surface area contributed by atoms with E-state index < -0.39 is 0 Å². The van der Waals surface area contributed by atoms with Crippen LogP contribution in [0.15, 0.2) is 0 Å². The lowest BCUT2D eigenvalue weighted by molar-refractivity contribution is -0.162. The van der Waals surface area contributed by atoms with E-state index in [9.17, 15) is 9.59 Å². The zero-order valence-electron chi connectivity index (χ0n) is 29.0. The second-order valence-electron chi connectivity index (χ2n) is 13.1. The fourth-order valence-electron chi connectivity index (χ4n) is 5.64. The molecule has 42 heavy (non-hydrogen) atoms. The van der Waals surface area contributed by atoms with Crippen molar-refractivity contribution in [2.75, 3.05) is 27.2 Å². The molecule has 0 radical (unpaired) electrons. The minimum Gasteiger partial charge on any atom is -0.462 e. The molecular formula is C37H73NO4. The highest BCUT2D eigenvalue weighted by molar-refractivity contribution is 5.72. The number of carbonyl (C=O) groups excluding carboxylic acids is 2. The van der Waals surface area contributed by atoms with Crippen LogP contribution in [0, 0.1) is 5.92 Å². The van der Waals surface area contributed by atoms with Gasteiger partial charge in [-0.15, -0.1) is 0 Å². The lowest BCUT2D eigenvalue weighted by Gasteiger charge is -2.21. The van der Waals surface area contributed by atoms with Crippen LogP contribution in [-0.4, -0.2) is 50.2 Å². The highest BCUT2D eigenvalue weighted by atomic mass is 16.6. The SMILES string of the molecule is CCCCCCCCCCCCCC(COC(=O)C(CCCCCC)CCCCCC)OC(=O)CCCCCN(C)C. The van der Waals surface area contributed by atoms with Crippen molar-refractivity contribution in [3.63, 3.8) is 0 Å². The minimum atomic E-state index is -0.317. The van der Waals surface area contributed by atoms with Gasteiger partial charge in [-0.05, 0) is 59.2 Å². The number of hydrogen-bond acceptors (Lipinski definition) is 5. The summed E-state index contributed by atoms with van der Waals surface area (Å²) in [5, 5.41) is 0. The molecule has 0 bridgehead atoms. The second kappa shape index (κ2) is 31.3. The number of hydrogen-bond donors (Lipinski definition) is 0. The van der Waals surface area contributed by atoms with Crippen LogP contribution < -0.4 is 0 Å². The standard InChI is InChI=1S/C37H73NO4/c1-6-9-12-15-16-17-18-19-20-21-25-30-35(42-36(39)31-26-22-27-32-38(4)5)33-41-37(40)34(28-23-13-10-7-2)29-24-14-11-8-3/h34-35H,6-33H2,1-5H3. The van der Waals surface area contributed by atoms with Crippen molar-refractivity contribution in [1.29, 1.82) is 0 Å². The summed E-state index contributed by atoms with van der Waals surface area (Å²) in [6.45, 7) is 7.97. The Morgan fingerprint density at radius 3 is 1.48 bits per heavy atom. The molecule has 0 N–H and O–H groups in total. The van der Waals surface area contributed by atoms with Crippen molar-refractivity contribution in [3.8, 4) is 0 Å². The molecule has 0 saturated carbocycles. The molecular weight excluding hydrogens is 522 g/mol. The van der Waals surface area contributed by atoms with Crippen molar-refractivity contribution in [3.05, 3.63) is 0 Å². The maximum absolute atomic E-state index is 13.2. The highest BCUT2D eigenvalue weighted by Crippen LogP contribution is 2.21. The molecule has 5 nitrogen and oxygen atoms in total. The predicted octanol–water partition coefficient (Wildman–Crippen LogP) is 10.8. The van der Waals surface area contributed by atoms with Gasteiger partial charge in [0, 0.05) is 6.42 Å². The largest absolute Gasteiger partial charge is 0.462 e. The molecule has 5 heteroatoms. The van der Waals surface area contributed by atoms with Crippen molar-refractivity contribution >= 4 is 11.9 Å². The lowest BCUT2D eigenvalue weighted by Crippen LogP contribution is -2.28. The van der Waals surface area contributed by atoms with Crippen molar-refractivity contribution in [1.82, 2.24) is 4.90 Å². The molecule has 250 valence electrons. The molecule has 1 unspecified atom stereocenters. The molecule has 0 spiro atoms. The van der Waals surface area contributed by atoms with Crippen LogP contribution in [0.5, 0.6) is 0 Å². The number of unbranched alkanes of at least 4 members (excludes halogenated alkanes) is 18. The summed E-state index contributed by atoms with van der Waals surface area (Å²) in [7, 11) is 4.16. The highest BCUT2D eigenvalue weighted by Gasteiger charge is 2.22. The first kappa shape index (κ1) is 40.9. The third kappa shape index (κ3) is 27.7. The van der Waals surface area contributed by atoms with Crippen LogP contribution in [0.3, 0.4) is 0 Å². The number of rotatable bonds is 32. The molecule has 0 aromatic rings. The Hall–Kier alpha value is -1.10. The Morgan fingerprint density at radius 1 is 0.548 bits per heavy atom. The van der Waals surface area contributed by atoms with E-state index in [0.717, 1.165) is 70.8 Å². The van der Waals surface area contributed by atoms with Gasteiger partial charge in [-0.1, -0.05) is 143 Å². The molecule has 0 aliphatic heterocycles. The third-order valence-corrected chi connectivity index (χ3v) is 8.47. The molecule has 0 aliphatic rings. The Morgan fingerprint density at radius 2 is 0.976 bits per heavy atom. The van der Waals surface area contributed by atoms with Crippen LogP contribution >= 0.6 is 0 Å². The zero-order valence-corrected chi connectivity index (χ0v) is 29.0. The van der Waals surface area contributed by atoms with Crippen molar-refractivity contribution < 1.29 is 19.1 Å². The van der Waals surface area contributed by atoms with Crippen LogP contribution in [0.25, 0.3) is 0 Å². The van der Waals surface area contributed by atoms with Crippen LogP contribution in [0.4, 0.5) is 0 Å². The van der Waals surface area contributed by atoms with Gasteiger partial charge in [0.15, 0.2) is 0 Å². The van der Waals surface area contributed by atoms with E-state index in [0.29, 0.717) is 6.42 Å². The van der Waals surface area contributed by atoms with E-state index in [-0.39, 0.29) is 30.6 Å². The molecule has 0 saturated heterocycles. The maximum atomic E-state index is 13.2. The van der Waals surface area contributed by atoms with Gasteiger partial charge in [0.2, 0.25) is 0 Å². The van der Waals surface area contributed by atoms with E-state index in [2.05, 4.69) is 39.8 Å². The zero-order chi connectivity index (χ0) is 31.1. The summed E-state index contributed by atoms with van der Waals surface area (Å²) in [5.74, 6) is -0.236. The second-order valence-corrected chi connectivity index (χ2v) is 13.1. The van der Waals surface area contributed by atoms with Gasteiger partial charge < -0.3 is 14.4 Å². The molecule has 0 amide bonds. The fraction of sp³-hybridized carbons (Fsp3) is 0.946. The molecule has 0 aliphatic carbocycles. The summed E-state index contributed by atoms with van der Waals surface area (Å²) in [6.07, 6.45) is 29.3. The van der Waals surface area contributed by atoms with Gasteiger partial charge in [0.25, 0.3) is 0 Å². The number of ether oxygens (including phenoxy) is 2. The molecule has 0 aromatic carbocycles. The normalized spacial score (nSPS) is 12.3. The van der Waals surface area contributed by atoms with Gasteiger partial charge in [-0.25, -0.2) is 0 Å². The first-order valence-corrected chi connectivity index (χ1v) is 18.4. The van der Waals surface area contributed by atoms with Gasteiger partial charge in [0.05, 0.1) is 5.92 Å². The van der Waals surface area contributed by atoms with E-state index in [1.807, 2.05) is 0 Å². The van der Waals surface area contributed by atoms with E-state index in [4.69, 9.17) is 9.47 Å². The fourth-order valence-corrected chi connectivity index (χ4v) is 5.64. The summed E-state index contributed by atoms with van der Waals surface area (Å²) in [4.78, 5) is 28.0. The summed E-state index contributed by atoms with van der Waals surface area (Å²) < 4.78 is 11.8. The van der Waals surface area contributed by atoms with Crippen LogP contribution in [-0.2, 0) is 19.1 Å². The number of nitrogens with zero attached hydrogens (tertiary/aromatic N) is 1. The summed E-state index contributed by atoms with van der Waals surface area (Å²) in [6, 6.07) is 0. The minimum absolute atomic E-state index is 0.0197. The predicted molar refractivity (Wildman–Crippen MR) is 180 cm³/mol. The molecule has 0 rings (SSSR count). The summed E-state index contributed by atoms with van der Waals surface area (Å²) >= 11 is 0. The first-order valence-electron chi connectivity index (χ1n) is 18.4. The van der Waals surface area contributed by atoms with E-state index in [1.54, 1.807) is 0 Å². The Balaban J connectivity index is 4.69. The molecule has 1 atom stereocenters. The Kier molecular flexibility index (Phi) is 30.5. The molecule has 0 heterocycles. The summed E-state index contributed by atoms with van der Waals surface area (Å²) in [5.41, 5.74) is 0. The molecule has 0 aromatic heterocycles. The van der Waals surface area contributed by atoms with E-state index in [1.165, 1.54) is 96.3 Å². The number of esters is 2. The van der Waals surface area contributed by atoms with Crippen LogP contribution in [0.1, 0.15) is 188 Å². The van der Waals surface area contributed by atoms with Crippen LogP contribution in [0.2, 0.25) is 0 Å². The van der Waals surface area contributed by atoms with Crippen molar-refractivity contribution in [2.24, 2.45) is 5.92 Å². The maximum Gasteiger partial charge on any atom is 0.309 e. The van der Waals surface area contributed by atoms with Gasteiger partial charge in [-0.3, -0.25) is 9.59 Å². The smallest absolute Gasteiger partial charge is 0.309 e. The Bertz CT molecular complexity index is 582. The van der Waals surface area contributed by atoms with E-state index >= 15 is 0 Å². The topological polar surface area (TPSA) is 55.8 Å². The van der Waals surface area contributed by atoms with Gasteiger partial charge in [0.1, 0.15) is 12.7 Å².